The van der Waals surface area contributed by atoms with Crippen LogP contribution in [0.3, 0.4) is 0 Å². The van der Waals surface area contributed by atoms with Crippen LogP contribution in [0.1, 0.15) is 33.1 Å². The zero-order valence-corrected chi connectivity index (χ0v) is 13.4. The Balaban J connectivity index is 2.08. The minimum absolute atomic E-state index is 0.177. The molecule has 1 saturated heterocycles. The van der Waals surface area contributed by atoms with E-state index in [0.29, 0.717) is 19.0 Å². The predicted molar refractivity (Wildman–Crippen MR) is 81.8 cm³/mol. The summed E-state index contributed by atoms with van der Waals surface area (Å²) in [4.78, 5) is 4.31. The van der Waals surface area contributed by atoms with Crippen LogP contribution in [-0.4, -0.2) is 38.7 Å². The molecule has 1 aliphatic rings. The molecule has 2 heterocycles. The van der Waals surface area contributed by atoms with Crippen LogP contribution < -0.4 is 10.0 Å². The number of anilines is 1. The first kappa shape index (κ1) is 16.2. The first-order valence-electron chi connectivity index (χ1n) is 7.27. The number of pyridine rings is 1. The molecule has 1 fully saturated rings. The van der Waals surface area contributed by atoms with Crippen LogP contribution >= 0.6 is 0 Å². The summed E-state index contributed by atoms with van der Waals surface area (Å²) in [5.74, 6) is 0.683. The molecule has 21 heavy (non-hydrogen) atoms. The quantitative estimate of drug-likeness (QED) is 0.836. The zero-order valence-electron chi connectivity index (χ0n) is 12.6. The molecule has 1 atom stereocenters. The number of nitrogens with zero attached hydrogens (tertiary/aromatic N) is 1. The highest BCUT2D eigenvalue weighted by molar-refractivity contribution is 7.89. The molecule has 1 aromatic rings. The SMILES string of the molecule is CCCNc1ccc(S(=O)(=O)NC2(C)CCCOC2)cn1. The number of aromatic nitrogens is 1. The maximum absolute atomic E-state index is 12.4. The second kappa shape index (κ2) is 6.72. The normalized spacial score (nSPS) is 23.0. The summed E-state index contributed by atoms with van der Waals surface area (Å²) in [6, 6.07) is 3.25. The average Bonchev–Trinajstić information content (AvgIpc) is 2.45. The van der Waals surface area contributed by atoms with Crippen molar-refractivity contribution in [1.82, 2.24) is 9.71 Å². The third-order valence-electron chi connectivity index (χ3n) is 3.42. The summed E-state index contributed by atoms with van der Waals surface area (Å²) in [5.41, 5.74) is -0.545. The van der Waals surface area contributed by atoms with Crippen molar-refractivity contribution in [3.05, 3.63) is 18.3 Å². The Kier molecular flexibility index (Phi) is 5.18. The van der Waals surface area contributed by atoms with Crippen molar-refractivity contribution in [3.8, 4) is 0 Å². The van der Waals surface area contributed by atoms with Gasteiger partial charge in [-0.1, -0.05) is 6.92 Å². The Morgan fingerprint density at radius 1 is 1.43 bits per heavy atom. The Hall–Kier alpha value is -1.18. The summed E-state index contributed by atoms with van der Waals surface area (Å²) in [5, 5.41) is 3.12. The standard InChI is InChI=1S/C14H23N3O3S/c1-3-8-15-13-6-5-12(10-16-13)21(18,19)17-14(2)7-4-9-20-11-14/h5-6,10,17H,3-4,7-9,11H2,1-2H3,(H,15,16). The van der Waals surface area contributed by atoms with Crippen molar-refractivity contribution >= 4 is 15.8 Å². The molecule has 7 heteroatoms. The van der Waals surface area contributed by atoms with Crippen LogP contribution in [-0.2, 0) is 14.8 Å². The van der Waals surface area contributed by atoms with Crippen LogP contribution in [0.15, 0.2) is 23.2 Å². The van der Waals surface area contributed by atoms with E-state index in [1.807, 2.05) is 6.92 Å². The van der Waals surface area contributed by atoms with Crippen LogP contribution in [0.5, 0.6) is 0 Å². The molecule has 1 aromatic heterocycles. The van der Waals surface area contributed by atoms with Gasteiger partial charge in [-0.3, -0.25) is 0 Å². The van der Waals surface area contributed by atoms with Crippen molar-refractivity contribution in [2.24, 2.45) is 0 Å². The van der Waals surface area contributed by atoms with Gasteiger partial charge in [0.1, 0.15) is 10.7 Å². The van der Waals surface area contributed by atoms with E-state index in [1.165, 1.54) is 6.20 Å². The van der Waals surface area contributed by atoms with Crippen molar-refractivity contribution in [2.75, 3.05) is 25.1 Å². The van der Waals surface area contributed by atoms with Gasteiger partial charge in [0.05, 0.1) is 12.1 Å². The fourth-order valence-electron chi connectivity index (χ4n) is 2.29. The van der Waals surface area contributed by atoms with E-state index in [4.69, 9.17) is 4.74 Å². The minimum Gasteiger partial charge on any atom is -0.380 e. The molecule has 6 nitrogen and oxygen atoms in total. The van der Waals surface area contributed by atoms with Gasteiger partial charge in [-0.25, -0.2) is 18.1 Å². The van der Waals surface area contributed by atoms with Crippen LogP contribution in [0.25, 0.3) is 0 Å². The Morgan fingerprint density at radius 3 is 2.81 bits per heavy atom. The molecule has 1 aliphatic heterocycles. The lowest BCUT2D eigenvalue weighted by Crippen LogP contribution is -2.51. The lowest BCUT2D eigenvalue weighted by atomic mass is 9.97. The lowest BCUT2D eigenvalue weighted by Gasteiger charge is -2.33. The molecule has 0 spiro atoms. The van der Waals surface area contributed by atoms with Gasteiger partial charge in [0.15, 0.2) is 0 Å². The van der Waals surface area contributed by atoms with Crippen molar-refractivity contribution in [3.63, 3.8) is 0 Å². The second-order valence-corrected chi connectivity index (χ2v) is 7.31. The highest BCUT2D eigenvalue weighted by atomic mass is 32.2. The number of rotatable bonds is 6. The molecule has 2 rings (SSSR count). The number of nitrogens with one attached hydrogen (secondary N) is 2. The van der Waals surface area contributed by atoms with Crippen molar-refractivity contribution in [2.45, 2.75) is 43.5 Å². The van der Waals surface area contributed by atoms with Gasteiger partial charge in [-0.05, 0) is 38.3 Å². The number of hydrogen-bond donors (Lipinski definition) is 2. The van der Waals surface area contributed by atoms with E-state index in [-0.39, 0.29) is 4.90 Å². The zero-order chi connectivity index (χ0) is 15.3. The van der Waals surface area contributed by atoms with Gasteiger partial charge in [-0.2, -0.15) is 0 Å². The van der Waals surface area contributed by atoms with E-state index in [0.717, 1.165) is 25.8 Å². The maximum atomic E-state index is 12.4. The molecular formula is C14H23N3O3S. The van der Waals surface area contributed by atoms with E-state index >= 15 is 0 Å². The van der Waals surface area contributed by atoms with Gasteiger partial charge in [0.2, 0.25) is 10.0 Å². The molecule has 0 aromatic carbocycles. The fraction of sp³-hybridized carbons (Fsp3) is 0.643. The highest BCUT2D eigenvalue weighted by Crippen LogP contribution is 2.21. The van der Waals surface area contributed by atoms with Gasteiger partial charge in [-0.15, -0.1) is 0 Å². The third kappa shape index (κ3) is 4.39. The molecular weight excluding hydrogens is 290 g/mol. The Labute approximate surface area is 126 Å². The molecule has 1 unspecified atom stereocenters. The van der Waals surface area contributed by atoms with Crippen LogP contribution in [0.2, 0.25) is 0 Å². The molecule has 0 bridgehead atoms. The maximum Gasteiger partial charge on any atom is 0.242 e. The van der Waals surface area contributed by atoms with Crippen LogP contribution in [0, 0.1) is 0 Å². The first-order chi connectivity index (χ1) is 9.95. The number of hydrogen-bond acceptors (Lipinski definition) is 5. The summed E-state index contributed by atoms with van der Waals surface area (Å²) >= 11 is 0. The van der Waals surface area contributed by atoms with Gasteiger partial charge < -0.3 is 10.1 Å². The summed E-state index contributed by atoms with van der Waals surface area (Å²) in [6.45, 7) is 5.83. The smallest absolute Gasteiger partial charge is 0.242 e. The second-order valence-electron chi connectivity index (χ2n) is 5.63. The molecule has 118 valence electrons. The summed E-state index contributed by atoms with van der Waals surface area (Å²) < 4.78 is 32.9. The summed E-state index contributed by atoms with van der Waals surface area (Å²) in [6.07, 6.45) is 4.00. The average molecular weight is 313 g/mol. The molecule has 0 radical (unpaired) electrons. The van der Waals surface area contributed by atoms with E-state index in [1.54, 1.807) is 12.1 Å². The topological polar surface area (TPSA) is 80.3 Å². The molecule has 0 aliphatic carbocycles. The third-order valence-corrected chi connectivity index (χ3v) is 5.05. The van der Waals surface area contributed by atoms with Crippen molar-refractivity contribution < 1.29 is 13.2 Å². The number of sulfonamides is 1. The van der Waals surface area contributed by atoms with Gasteiger partial charge >= 0.3 is 0 Å². The molecule has 2 N–H and O–H groups in total. The van der Waals surface area contributed by atoms with E-state index in [2.05, 4.69) is 21.9 Å². The Morgan fingerprint density at radius 2 is 2.24 bits per heavy atom. The molecule has 0 amide bonds. The van der Waals surface area contributed by atoms with E-state index in [9.17, 15) is 8.42 Å². The summed E-state index contributed by atoms with van der Waals surface area (Å²) in [7, 11) is -3.58. The first-order valence-corrected chi connectivity index (χ1v) is 8.75. The van der Waals surface area contributed by atoms with Crippen LogP contribution in [0.4, 0.5) is 5.82 Å². The largest absolute Gasteiger partial charge is 0.380 e. The predicted octanol–water partition coefficient (Wildman–Crippen LogP) is 1.75. The number of ether oxygens (including phenoxy) is 1. The Bertz CT molecular complexity index is 551. The highest BCUT2D eigenvalue weighted by Gasteiger charge is 2.33. The lowest BCUT2D eigenvalue weighted by molar-refractivity contribution is 0.0386. The van der Waals surface area contributed by atoms with E-state index < -0.39 is 15.6 Å². The fourth-order valence-corrected chi connectivity index (χ4v) is 3.66. The molecule has 0 saturated carbocycles. The minimum atomic E-state index is -3.58. The van der Waals surface area contributed by atoms with Gasteiger partial charge in [0, 0.05) is 19.3 Å². The monoisotopic (exact) mass is 313 g/mol. The van der Waals surface area contributed by atoms with Gasteiger partial charge in [0.25, 0.3) is 0 Å². The van der Waals surface area contributed by atoms with Crippen molar-refractivity contribution in [1.29, 1.82) is 0 Å².